The van der Waals surface area contributed by atoms with Crippen molar-refractivity contribution in [3.63, 3.8) is 0 Å². The molecule has 0 saturated heterocycles. The lowest BCUT2D eigenvalue weighted by Crippen LogP contribution is -2.20. The maximum absolute atomic E-state index is 11.3. The molecule has 0 amide bonds. The van der Waals surface area contributed by atoms with E-state index in [0.29, 0.717) is 7.18 Å². The summed E-state index contributed by atoms with van der Waals surface area (Å²) in [6.07, 6.45) is -3.58. The highest BCUT2D eigenvalue weighted by Gasteiger charge is 2.27. The van der Waals surface area contributed by atoms with E-state index in [-0.39, 0.29) is 14.9 Å². The Morgan fingerprint density at radius 2 is 1.45 bits per heavy atom. The minimum atomic E-state index is -3.58. The topological polar surface area (TPSA) is 9.23 Å². The number of ether oxygens (including phenoxy) is 1. The van der Waals surface area contributed by atoms with Crippen molar-refractivity contribution in [1.82, 2.24) is 0 Å². The van der Waals surface area contributed by atoms with Gasteiger partial charge in [0.25, 0.3) is 0 Å². The number of halogens is 4. The van der Waals surface area contributed by atoms with E-state index >= 15 is 0 Å². The fourth-order valence-electron chi connectivity index (χ4n) is 0.0546. The first-order chi connectivity index (χ1) is 4.12. The van der Waals surface area contributed by atoms with Gasteiger partial charge in [0.1, 0.15) is 0 Å². The highest BCUT2D eigenvalue weighted by atomic mass is 19.3. The van der Waals surface area contributed by atoms with Crippen LogP contribution >= 0.6 is 0 Å². The molecule has 0 aromatic carbocycles. The zero-order valence-electron chi connectivity index (χ0n) is 5.13. The number of hydrogen-bond acceptors (Lipinski definition) is 1. The summed E-state index contributed by atoms with van der Waals surface area (Å²) in [6, 6.07) is 0. The molecule has 0 spiro atoms. The summed E-state index contributed by atoms with van der Waals surface area (Å²) in [7, 11) is 1.25. The van der Waals surface area contributed by atoms with Crippen molar-refractivity contribution in [2.45, 2.75) is 21.0 Å². The Morgan fingerprint density at radius 1 is 1.18 bits per heavy atom. The fourth-order valence-corrected chi connectivity index (χ4v) is 0.0546. The maximum atomic E-state index is 11.3. The van der Waals surface area contributed by atoms with Gasteiger partial charge in [-0.2, -0.15) is 8.78 Å². The number of hydrogen-bond donors (Lipinski definition) is 0. The summed E-state index contributed by atoms with van der Waals surface area (Å²) in [5, 5.41) is 0. The van der Waals surface area contributed by atoms with E-state index in [1.807, 2.05) is 0 Å². The molecule has 0 aliphatic heterocycles. The molecule has 0 aliphatic carbocycles. The molecule has 0 unspecified atom stereocenters. The molecule has 0 radical (unpaired) electrons. The van der Waals surface area contributed by atoms with Crippen molar-refractivity contribution in [2.75, 3.05) is 21.0 Å². The van der Waals surface area contributed by atoms with Crippen LogP contribution in [0.25, 0.3) is 0 Å². The Balaban J connectivity index is -0.0000000564. The zero-order chi connectivity index (χ0) is 7.91. The molecule has 11 heavy (non-hydrogen) atoms. The minimum absolute atomic E-state index is 0. The molecule has 74 valence electrons. The van der Waals surface area contributed by atoms with Gasteiger partial charge in [0.2, 0.25) is 0 Å². The molecule has 0 saturated carbocycles. The third-order valence-electron chi connectivity index (χ3n) is 0.454. The first-order valence-electron chi connectivity index (χ1n) is 1.99. The van der Waals surface area contributed by atoms with E-state index in [0.717, 1.165) is 7.11 Å². The first kappa shape index (κ1) is 22.4. The van der Waals surface area contributed by atoms with Crippen LogP contribution in [0.5, 0.6) is 0 Å². The Hall–Kier alpha value is -0.320. The van der Waals surface area contributed by atoms with Crippen LogP contribution in [0.3, 0.4) is 0 Å². The van der Waals surface area contributed by atoms with Crippen LogP contribution in [0.4, 0.5) is 17.6 Å². The second-order valence-corrected chi connectivity index (χ2v) is 0.975. The van der Waals surface area contributed by atoms with Gasteiger partial charge in [0, 0.05) is 7.11 Å². The van der Waals surface area contributed by atoms with Crippen molar-refractivity contribution in [3.8, 4) is 0 Å². The highest BCUT2D eigenvalue weighted by Crippen LogP contribution is 2.12. The van der Waals surface area contributed by atoms with E-state index < -0.39 is 12.8 Å². The van der Waals surface area contributed by atoms with E-state index in [1.165, 1.54) is 0 Å². The SMILES string of the molecule is C.C.CF.COC(F)(F)CF. The van der Waals surface area contributed by atoms with Gasteiger partial charge < -0.3 is 4.74 Å². The molecule has 0 atom stereocenters. The van der Waals surface area contributed by atoms with Gasteiger partial charge in [-0.1, -0.05) is 14.9 Å². The molecule has 0 rings (SSSR count). The standard InChI is InChI=1S/C3H5F3O.CH3F.2CH4/c1-7-3(5,6)2-4;1-2;;/h2H2,1H3;1H3;2*1H4. The normalized spacial score (nSPS) is 8.18. The minimum Gasteiger partial charge on any atom is -0.322 e. The molecule has 0 aromatic rings. The monoisotopic (exact) mass is 180 g/mol. The molecule has 0 aromatic heterocycles. The van der Waals surface area contributed by atoms with Crippen LogP contribution in [0.1, 0.15) is 14.9 Å². The number of rotatable bonds is 2. The fraction of sp³-hybridized carbons (Fsp3) is 1.00. The summed E-state index contributed by atoms with van der Waals surface area (Å²) < 4.78 is 46.3. The van der Waals surface area contributed by atoms with Gasteiger partial charge >= 0.3 is 6.11 Å². The summed E-state index contributed by atoms with van der Waals surface area (Å²) in [5.74, 6) is 0. The highest BCUT2D eigenvalue weighted by molar-refractivity contribution is 4.43. The molecule has 0 fully saturated rings. The van der Waals surface area contributed by atoms with E-state index in [2.05, 4.69) is 4.74 Å². The Morgan fingerprint density at radius 3 is 1.45 bits per heavy atom. The molecular formula is C6H16F4O. The van der Waals surface area contributed by atoms with Crippen LogP contribution in [-0.2, 0) is 4.74 Å². The van der Waals surface area contributed by atoms with Gasteiger partial charge in [-0.15, -0.1) is 0 Å². The van der Waals surface area contributed by atoms with Gasteiger partial charge in [-0.25, -0.2) is 4.39 Å². The second-order valence-electron chi connectivity index (χ2n) is 0.975. The average Bonchev–Trinajstić information content (AvgIpc) is 1.93. The van der Waals surface area contributed by atoms with Gasteiger partial charge in [-0.05, 0) is 0 Å². The van der Waals surface area contributed by atoms with Crippen molar-refractivity contribution in [1.29, 1.82) is 0 Å². The smallest absolute Gasteiger partial charge is 0.322 e. The summed E-state index contributed by atoms with van der Waals surface area (Å²) in [4.78, 5) is 0. The summed E-state index contributed by atoms with van der Waals surface area (Å²) >= 11 is 0. The largest absolute Gasteiger partial charge is 0.383 e. The molecule has 5 heteroatoms. The molecule has 0 heterocycles. The lowest BCUT2D eigenvalue weighted by atomic mass is 10.7. The maximum Gasteiger partial charge on any atom is 0.383 e. The number of methoxy groups -OCH3 is 1. The van der Waals surface area contributed by atoms with E-state index in [9.17, 15) is 17.6 Å². The summed E-state index contributed by atoms with van der Waals surface area (Å²) in [5.41, 5.74) is 0. The van der Waals surface area contributed by atoms with Crippen molar-refractivity contribution in [3.05, 3.63) is 0 Å². The van der Waals surface area contributed by atoms with E-state index in [1.54, 1.807) is 0 Å². The van der Waals surface area contributed by atoms with Crippen LogP contribution in [0.15, 0.2) is 0 Å². The van der Waals surface area contributed by atoms with Gasteiger partial charge in [-0.3, -0.25) is 4.39 Å². The predicted octanol–water partition coefficient (Wildman–Crippen LogP) is 3.05. The van der Waals surface area contributed by atoms with Crippen molar-refractivity contribution < 1.29 is 22.3 Å². The Kier molecular flexibility index (Phi) is 25.2. The molecule has 0 N–H and O–H groups in total. The van der Waals surface area contributed by atoms with Crippen LogP contribution in [-0.4, -0.2) is 27.1 Å². The second kappa shape index (κ2) is 12.4. The number of alkyl halides is 4. The van der Waals surface area contributed by atoms with E-state index in [4.69, 9.17) is 0 Å². The van der Waals surface area contributed by atoms with Crippen LogP contribution < -0.4 is 0 Å². The molecule has 0 bridgehead atoms. The molecule has 1 nitrogen and oxygen atoms in total. The predicted molar refractivity (Wildman–Crippen MR) is 38.4 cm³/mol. The van der Waals surface area contributed by atoms with Crippen molar-refractivity contribution in [2.24, 2.45) is 0 Å². The van der Waals surface area contributed by atoms with Gasteiger partial charge in [0.15, 0.2) is 6.67 Å². The Labute approximate surface area is 65.4 Å². The third-order valence-corrected chi connectivity index (χ3v) is 0.454. The Bertz CT molecular complexity index is 52.5. The average molecular weight is 180 g/mol. The molecule has 0 aliphatic rings. The van der Waals surface area contributed by atoms with Crippen LogP contribution in [0.2, 0.25) is 0 Å². The van der Waals surface area contributed by atoms with Crippen LogP contribution in [0, 0.1) is 0 Å². The zero-order valence-corrected chi connectivity index (χ0v) is 5.13. The molecular weight excluding hydrogens is 164 g/mol. The van der Waals surface area contributed by atoms with Crippen molar-refractivity contribution >= 4 is 0 Å². The quantitative estimate of drug-likeness (QED) is 0.593. The van der Waals surface area contributed by atoms with Gasteiger partial charge in [0.05, 0.1) is 7.18 Å². The summed E-state index contributed by atoms with van der Waals surface area (Å²) in [6.45, 7) is -1.76. The first-order valence-corrected chi connectivity index (χ1v) is 1.99. The third kappa shape index (κ3) is 17.7. The lowest BCUT2D eigenvalue weighted by Gasteiger charge is -2.06. The lowest BCUT2D eigenvalue weighted by molar-refractivity contribution is -0.229.